The maximum atomic E-state index is 12.6. The number of pyridine rings is 1. The van der Waals surface area contributed by atoms with Gasteiger partial charge in [-0.3, -0.25) is 14.8 Å². The lowest BCUT2D eigenvalue weighted by atomic mass is 10.3. The molecule has 14 heavy (non-hydrogen) atoms. The predicted molar refractivity (Wildman–Crippen MR) is 50.2 cm³/mol. The number of nitrogens with one attached hydrogen (secondary N) is 2. The van der Waals surface area contributed by atoms with Crippen molar-refractivity contribution in [1.29, 1.82) is 0 Å². The highest BCUT2D eigenvalue weighted by Crippen LogP contribution is 2.02. The molecular formula is C7H5ClFN3O2. The van der Waals surface area contributed by atoms with Gasteiger partial charge in [0.1, 0.15) is 11.5 Å². The van der Waals surface area contributed by atoms with Crippen molar-refractivity contribution in [1.82, 2.24) is 15.0 Å². The van der Waals surface area contributed by atoms with E-state index in [2.05, 4.69) is 9.97 Å². The topological polar surface area (TPSA) is 78.6 Å². The summed E-state index contributed by atoms with van der Waals surface area (Å²) in [6.07, 6.45) is 0.928. The van der Waals surface area contributed by atoms with E-state index >= 15 is 0 Å². The summed E-state index contributed by atoms with van der Waals surface area (Å²) in [6.45, 7) is 0. The van der Waals surface area contributed by atoms with Crippen molar-refractivity contribution in [2.24, 2.45) is 0 Å². The van der Waals surface area contributed by atoms with Crippen LogP contribution in [-0.2, 0) is 0 Å². The zero-order valence-electron chi connectivity index (χ0n) is 6.70. The Hall–Kier alpha value is -1.69. The van der Waals surface area contributed by atoms with Crippen LogP contribution in [-0.4, -0.2) is 15.0 Å². The molecule has 2 rings (SSSR count). The van der Waals surface area contributed by atoms with E-state index in [0.717, 1.165) is 12.3 Å². The SMILES string of the molecule is Cl.O=c1[nH]c(=O)c2cc(F)cnc2[nH]1. The second-order valence-corrected chi connectivity index (χ2v) is 2.46. The normalized spacial score (nSPS) is 9.79. The molecule has 0 aliphatic rings. The van der Waals surface area contributed by atoms with E-state index in [9.17, 15) is 14.0 Å². The summed E-state index contributed by atoms with van der Waals surface area (Å²) >= 11 is 0. The first-order valence-corrected chi connectivity index (χ1v) is 3.45. The zero-order chi connectivity index (χ0) is 9.42. The molecule has 0 aliphatic heterocycles. The molecule has 0 spiro atoms. The molecule has 74 valence electrons. The number of H-pyrrole nitrogens is 2. The van der Waals surface area contributed by atoms with Crippen LogP contribution in [0.5, 0.6) is 0 Å². The van der Waals surface area contributed by atoms with Crippen molar-refractivity contribution in [2.75, 3.05) is 0 Å². The number of hydrogen-bond donors (Lipinski definition) is 2. The van der Waals surface area contributed by atoms with Crippen LogP contribution in [0.15, 0.2) is 21.9 Å². The summed E-state index contributed by atoms with van der Waals surface area (Å²) in [5, 5.41) is 0.0274. The highest BCUT2D eigenvalue weighted by atomic mass is 35.5. The van der Waals surface area contributed by atoms with Gasteiger partial charge in [-0.15, -0.1) is 12.4 Å². The van der Waals surface area contributed by atoms with E-state index in [4.69, 9.17) is 0 Å². The molecule has 0 atom stereocenters. The number of aromatic amines is 2. The van der Waals surface area contributed by atoms with E-state index in [1.807, 2.05) is 4.98 Å². The van der Waals surface area contributed by atoms with Gasteiger partial charge in [0.15, 0.2) is 0 Å². The maximum absolute atomic E-state index is 12.6. The van der Waals surface area contributed by atoms with Crippen LogP contribution in [0, 0.1) is 5.82 Å². The van der Waals surface area contributed by atoms with E-state index in [-0.39, 0.29) is 23.4 Å². The maximum Gasteiger partial charge on any atom is 0.327 e. The minimum Gasteiger partial charge on any atom is -0.291 e. The van der Waals surface area contributed by atoms with Gasteiger partial charge in [-0.05, 0) is 6.07 Å². The predicted octanol–water partition coefficient (Wildman–Crippen LogP) is 0.172. The third kappa shape index (κ3) is 1.64. The molecular weight excluding hydrogens is 213 g/mol. The van der Waals surface area contributed by atoms with Crippen LogP contribution < -0.4 is 11.2 Å². The molecule has 2 heterocycles. The van der Waals surface area contributed by atoms with Crippen LogP contribution in [0.25, 0.3) is 11.0 Å². The molecule has 0 radical (unpaired) electrons. The number of aromatic nitrogens is 3. The number of nitrogens with zero attached hydrogens (tertiary/aromatic N) is 1. The van der Waals surface area contributed by atoms with E-state index < -0.39 is 17.1 Å². The molecule has 5 nitrogen and oxygen atoms in total. The van der Waals surface area contributed by atoms with Crippen LogP contribution in [0.3, 0.4) is 0 Å². The van der Waals surface area contributed by atoms with Gasteiger partial charge in [-0.25, -0.2) is 14.2 Å². The van der Waals surface area contributed by atoms with Gasteiger partial charge in [0.05, 0.1) is 11.6 Å². The van der Waals surface area contributed by atoms with Crippen LogP contribution in [0.4, 0.5) is 4.39 Å². The molecule has 0 unspecified atom stereocenters. The Kier molecular flexibility index (Phi) is 2.66. The molecule has 2 aromatic heterocycles. The lowest BCUT2D eigenvalue weighted by Gasteiger charge is -1.93. The molecule has 2 N–H and O–H groups in total. The monoisotopic (exact) mass is 217 g/mol. The lowest BCUT2D eigenvalue weighted by molar-refractivity contribution is 0.623. The van der Waals surface area contributed by atoms with Crippen molar-refractivity contribution in [3.05, 3.63) is 38.9 Å². The van der Waals surface area contributed by atoms with Gasteiger partial charge in [-0.2, -0.15) is 0 Å². The minimum atomic E-state index is -0.656. The Bertz CT molecular complexity index is 577. The number of halogens is 2. The quantitative estimate of drug-likeness (QED) is 0.660. The largest absolute Gasteiger partial charge is 0.327 e. The highest BCUT2D eigenvalue weighted by molar-refractivity contribution is 5.85. The van der Waals surface area contributed by atoms with Crippen LogP contribution >= 0.6 is 12.4 Å². The fourth-order valence-corrected chi connectivity index (χ4v) is 1.02. The molecule has 0 aromatic carbocycles. The van der Waals surface area contributed by atoms with Gasteiger partial charge in [0.2, 0.25) is 0 Å². The van der Waals surface area contributed by atoms with E-state index in [1.165, 1.54) is 0 Å². The molecule has 7 heteroatoms. The molecule has 0 saturated heterocycles. The summed E-state index contributed by atoms with van der Waals surface area (Å²) < 4.78 is 12.6. The summed E-state index contributed by atoms with van der Waals surface area (Å²) in [5.74, 6) is -0.620. The lowest BCUT2D eigenvalue weighted by Crippen LogP contribution is -2.22. The van der Waals surface area contributed by atoms with E-state index in [0.29, 0.717) is 0 Å². The van der Waals surface area contributed by atoms with Gasteiger partial charge in [-0.1, -0.05) is 0 Å². The van der Waals surface area contributed by atoms with Crippen LogP contribution in [0.2, 0.25) is 0 Å². The Morgan fingerprint density at radius 3 is 2.71 bits per heavy atom. The second-order valence-electron chi connectivity index (χ2n) is 2.46. The van der Waals surface area contributed by atoms with Crippen molar-refractivity contribution in [3.8, 4) is 0 Å². The average molecular weight is 218 g/mol. The molecule has 0 aliphatic carbocycles. The van der Waals surface area contributed by atoms with Gasteiger partial charge in [0.25, 0.3) is 5.56 Å². The Balaban J connectivity index is 0.000000980. The first-order chi connectivity index (χ1) is 6.16. The minimum absolute atomic E-state index is 0. The molecule has 0 amide bonds. The number of fused-ring (bicyclic) bond motifs is 1. The number of rotatable bonds is 0. The summed E-state index contributed by atoms with van der Waals surface area (Å²) in [7, 11) is 0. The molecule has 2 aromatic rings. The first kappa shape index (κ1) is 10.4. The van der Waals surface area contributed by atoms with Gasteiger partial charge in [0, 0.05) is 0 Å². The third-order valence-electron chi connectivity index (χ3n) is 1.56. The van der Waals surface area contributed by atoms with E-state index in [1.54, 1.807) is 0 Å². The second kappa shape index (κ2) is 3.59. The van der Waals surface area contributed by atoms with Crippen molar-refractivity contribution >= 4 is 23.4 Å². The average Bonchev–Trinajstić information content (AvgIpc) is 2.06. The first-order valence-electron chi connectivity index (χ1n) is 3.45. The summed E-state index contributed by atoms with van der Waals surface area (Å²) in [4.78, 5) is 29.6. The molecule has 0 fully saturated rings. The third-order valence-corrected chi connectivity index (χ3v) is 1.56. The van der Waals surface area contributed by atoms with Gasteiger partial charge >= 0.3 is 5.69 Å². The number of hydrogen-bond acceptors (Lipinski definition) is 3. The Morgan fingerprint density at radius 2 is 2.00 bits per heavy atom. The summed E-state index contributed by atoms with van der Waals surface area (Å²) in [5.41, 5.74) is -1.22. The highest BCUT2D eigenvalue weighted by Gasteiger charge is 2.02. The van der Waals surface area contributed by atoms with Crippen molar-refractivity contribution in [3.63, 3.8) is 0 Å². The summed E-state index contributed by atoms with van der Waals surface area (Å²) in [6, 6.07) is 1.01. The standard InChI is InChI=1S/C7H4FN3O2.ClH/c8-3-1-4-5(9-2-3)10-7(13)11-6(4)12;/h1-2H,(H2,9,10,11,12,13);1H. The van der Waals surface area contributed by atoms with Crippen molar-refractivity contribution < 1.29 is 4.39 Å². The Morgan fingerprint density at radius 1 is 1.29 bits per heavy atom. The molecule has 0 saturated carbocycles. The fourth-order valence-electron chi connectivity index (χ4n) is 1.02. The smallest absolute Gasteiger partial charge is 0.291 e. The fraction of sp³-hybridized carbons (Fsp3) is 0. The van der Waals surface area contributed by atoms with Gasteiger partial charge < -0.3 is 0 Å². The van der Waals surface area contributed by atoms with Crippen LogP contribution in [0.1, 0.15) is 0 Å². The zero-order valence-corrected chi connectivity index (χ0v) is 7.52. The van der Waals surface area contributed by atoms with Crippen molar-refractivity contribution in [2.45, 2.75) is 0 Å². The molecule has 0 bridgehead atoms. The Labute approximate surface area is 82.4 Å².